The van der Waals surface area contributed by atoms with Crippen LogP contribution < -0.4 is 0 Å². The number of para-hydroxylation sites is 4. The van der Waals surface area contributed by atoms with Crippen molar-refractivity contribution in [2.45, 2.75) is 0 Å². The number of hydrogen-bond donors (Lipinski definition) is 0. The molecule has 0 radical (unpaired) electrons. The van der Waals surface area contributed by atoms with Gasteiger partial charge in [-0.1, -0.05) is 91.0 Å². The summed E-state index contributed by atoms with van der Waals surface area (Å²) in [7, 11) is 0. The first kappa shape index (κ1) is 26.1. The van der Waals surface area contributed by atoms with Gasteiger partial charge in [0.05, 0.1) is 27.8 Å². The standard InChI is InChI=1S/C41H25N5S/c1-2-13-28(14-3-1)45-35-19-8-6-17-33(35)43-40(45)27-12-10-11-26(25-27)32-23-24-42-41(44-32)46-34-18-7-4-16-31(34)38-36(46)22-21-30-29-15-5-9-20-37(29)47-39(30)38/h1-25H. The third kappa shape index (κ3) is 3.98. The quantitative estimate of drug-likeness (QED) is 0.197. The van der Waals surface area contributed by atoms with E-state index < -0.39 is 0 Å². The van der Waals surface area contributed by atoms with Gasteiger partial charge in [-0.25, -0.2) is 15.0 Å². The molecule has 4 aromatic heterocycles. The first-order valence-electron chi connectivity index (χ1n) is 15.6. The number of fused-ring (bicyclic) bond motifs is 8. The molecule has 5 nitrogen and oxygen atoms in total. The Labute approximate surface area is 273 Å². The van der Waals surface area contributed by atoms with Gasteiger partial charge < -0.3 is 0 Å². The predicted octanol–water partition coefficient (Wildman–Crippen LogP) is 10.6. The van der Waals surface area contributed by atoms with Crippen LogP contribution in [-0.4, -0.2) is 24.1 Å². The molecule has 6 aromatic carbocycles. The van der Waals surface area contributed by atoms with E-state index in [-0.39, 0.29) is 0 Å². The maximum atomic E-state index is 5.19. The van der Waals surface area contributed by atoms with Gasteiger partial charge in [-0.3, -0.25) is 9.13 Å². The molecule has 0 saturated heterocycles. The van der Waals surface area contributed by atoms with Gasteiger partial charge >= 0.3 is 0 Å². The molecule has 0 aliphatic rings. The topological polar surface area (TPSA) is 48.5 Å². The largest absolute Gasteiger partial charge is 0.292 e. The van der Waals surface area contributed by atoms with Gasteiger partial charge in [0.2, 0.25) is 5.95 Å². The smallest absolute Gasteiger partial charge is 0.235 e. The zero-order valence-corrected chi connectivity index (χ0v) is 25.9. The van der Waals surface area contributed by atoms with E-state index in [1.807, 2.05) is 35.7 Å². The highest BCUT2D eigenvalue weighted by molar-refractivity contribution is 7.26. The van der Waals surface area contributed by atoms with Crippen LogP contribution in [-0.2, 0) is 0 Å². The van der Waals surface area contributed by atoms with E-state index in [9.17, 15) is 0 Å². The molecule has 6 heteroatoms. The van der Waals surface area contributed by atoms with Crippen molar-refractivity contribution in [2.75, 3.05) is 0 Å². The van der Waals surface area contributed by atoms with Crippen molar-refractivity contribution in [3.05, 3.63) is 152 Å². The predicted molar refractivity (Wildman–Crippen MR) is 195 cm³/mol. The Hall–Kier alpha value is -6.11. The molecule has 0 saturated carbocycles. The fourth-order valence-corrected chi connectivity index (χ4v) is 8.20. The average Bonchev–Trinajstić information content (AvgIpc) is 3.82. The summed E-state index contributed by atoms with van der Waals surface area (Å²) in [6, 6.07) is 50.9. The molecule has 220 valence electrons. The van der Waals surface area contributed by atoms with Gasteiger partial charge in [0.25, 0.3) is 0 Å². The van der Waals surface area contributed by atoms with Crippen LogP contribution in [0.3, 0.4) is 0 Å². The molecule has 0 amide bonds. The lowest BCUT2D eigenvalue weighted by molar-refractivity contribution is 0.992. The first-order chi connectivity index (χ1) is 23.3. The third-order valence-corrected chi connectivity index (χ3v) is 10.2. The second-order valence-electron chi connectivity index (χ2n) is 11.7. The van der Waals surface area contributed by atoms with Crippen LogP contribution in [0.25, 0.3) is 87.3 Å². The SMILES string of the molecule is c1ccc(-n2c(-c3cccc(-c4ccnc(-n5c6ccccc6c6c7sc8ccccc8c7ccc65)n4)c3)nc3ccccc32)cc1. The maximum absolute atomic E-state index is 5.19. The summed E-state index contributed by atoms with van der Waals surface area (Å²) in [5, 5.41) is 5.03. The molecule has 0 aliphatic heterocycles. The zero-order valence-electron chi connectivity index (χ0n) is 25.1. The van der Waals surface area contributed by atoms with Gasteiger partial charge in [0.1, 0.15) is 5.82 Å². The highest BCUT2D eigenvalue weighted by Crippen LogP contribution is 2.43. The Bertz CT molecular complexity index is 2810. The molecule has 0 N–H and O–H groups in total. The van der Waals surface area contributed by atoms with Gasteiger partial charge in [0, 0.05) is 54.0 Å². The van der Waals surface area contributed by atoms with Gasteiger partial charge in [0.15, 0.2) is 0 Å². The molecule has 4 heterocycles. The second-order valence-corrected chi connectivity index (χ2v) is 12.8. The lowest BCUT2D eigenvalue weighted by Gasteiger charge is -2.11. The van der Waals surface area contributed by atoms with E-state index in [4.69, 9.17) is 15.0 Å². The van der Waals surface area contributed by atoms with Crippen LogP contribution >= 0.6 is 11.3 Å². The summed E-state index contributed by atoms with van der Waals surface area (Å²) in [6.45, 7) is 0. The van der Waals surface area contributed by atoms with Gasteiger partial charge in [-0.05, 0) is 54.6 Å². The fourth-order valence-electron chi connectivity index (χ4n) is 6.94. The van der Waals surface area contributed by atoms with E-state index in [0.717, 1.165) is 50.4 Å². The molecule has 0 atom stereocenters. The van der Waals surface area contributed by atoms with Crippen LogP contribution in [0.4, 0.5) is 0 Å². The molecular weight excluding hydrogens is 595 g/mol. The Balaban J connectivity index is 1.15. The Morgan fingerprint density at radius 2 is 1.28 bits per heavy atom. The summed E-state index contributed by atoms with van der Waals surface area (Å²) in [4.78, 5) is 15.1. The number of hydrogen-bond acceptors (Lipinski definition) is 4. The number of aromatic nitrogens is 5. The van der Waals surface area contributed by atoms with E-state index in [1.54, 1.807) is 0 Å². The minimum Gasteiger partial charge on any atom is -0.292 e. The van der Waals surface area contributed by atoms with E-state index in [0.29, 0.717) is 5.95 Å². The van der Waals surface area contributed by atoms with E-state index in [1.165, 1.54) is 30.9 Å². The van der Waals surface area contributed by atoms with Crippen molar-refractivity contribution >= 4 is 64.3 Å². The van der Waals surface area contributed by atoms with Crippen molar-refractivity contribution in [1.82, 2.24) is 24.1 Å². The second kappa shape index (κ2) is 10.2. The average molecular weight is 620 g/mol. The van der Waals surface area contributed by atoms with Crippen LogP contribution in [0.2, 0.25) is 0 Å². The molecule has 0 aliphatic carbocycles. The third-order valence-electron chi connectivity index (χ3n) is 9.01. The van der Waals surface area contributed by atoms with E-state index >= 15 is 0 Å². The van der Waals surface area contributed by atoms with Crippen LogP contribution in [0, 0.1) is 0 Å². The molecule has 0 unspecified atom stereocenters. The van der Waals surface area contributed by atoms with Gasteiger partial charge in [-0.2, -0.15) is 0 Å². The number of thiophene rings is 1. The molecule has 0 fully saturated rings. The lowest BCUT2D eigenvalue weighted by Crippen LogP contribution is -2.02. The zero-order chi connectivity index (χ0) is 30.9. The number of nitrogens with zero attached hydrogens (tertiary/aromatic N) is 5. The normalized spacial score (nSPS) is 11.8. The monoisotopic (exact) mass is 619 g/mol. The Kier molecular flexibility index (Phi) is 5.68. The first-order valence-corrected chi connectivity index (χ1v) is 16.4. The molecule has 10 rings (SSSR count). The summed E-state index contributed by atoms with van der Waals surface area (Å²) in [5.74, 6) is 1.54. The molecular formula is C41H25N5S. The van der Waals surface area contributed by atoms with Crippen molar-refractivity contribution < 1.29 is 0 Å². The Morgan fingerprint density at radius 1 is 0.511 bits per heavy atom. The summed E-state index contributed by atoms with van der Waals surface area (Å²) in [6.07, 6.45) is 1.86. The number of imidazole rings is 1. The van der Waals surface area contributed by atoms with Crippen LogP contribution in [0.1, 0.15) is 0 Å². The van der Waals surface area contributed by atoms with Crippen molar-refractivity contribution in [1.29, 1.82) is 0 Å². The maximum Gasteiger partial charge on any atom is 0.235 e. The molecule has 10 aromatic rings. The summed E-state index contributed by atoms with van der Waals surface area (Å²) < 4.78 is 7.03. The van der Waals surface area contributed by atoms with Crippen molar-refractivity contribution in [3.8, 4) is 34.3 Å². The minimum atomic E-state index is 0.649. The molecule has 0 spiro atoms. The van der Waals surface area contributed by atoms with Crippen molar-refractivity contribution in [2.24, 2.45) is 0 Å². The van der Waals surface area contributed by atoms with Crippen LogP contribution in [0.5, 0.6) is 0 Å². The fraction of sp³-hybridized carbons (Fsp3) is 0. The van der Waals surface area contributed by atoms with E-state index in [2.05, 4.69) is 137 Å². The lowest BCUT2D eigenvalue weighted by atomic mass is 10.1. The van der Waals surface area contributed by atoms with Crippen LogP contribution in [0.15, 0.2) is 152 Å². The summed E-state index contributed by atoms with van der Waals surface area (Å²) >= 11 is 1.85. The van der Waals surface area contributed by atoms with Gasteiger partial charge in [-0.15, -0.1) is 11.3 Å². The summed E-state index contributed by atoms with van der Waals surface area (Å²) in [5.41, 5.74) is 8.18. The van der Waals surface area contributed by atoms with Crippen molar-refractivity contribution in [3.63, 3.8) is 0 Å². The highest BCUT2D eigenvalue weighted by Gasteiger charge is 2.19. The number of rotatable bonds is 4. The Morgan fingerprint density at radius 3 is 2.19 bits per heavy atom. The molecule has 47 heavy (non-hydrogen) atoms. The molecule has 0 bridgehead atoms. The highest BCUT2D eigenvalue weighted by atomic mass is 32.1. The minimum absolute atomic E-state index is 0.649. The number of benzene rings is 6.